The van der Waals surface area contributed by atoms with E-state index in [0.29, 0.717) is 70.7 Å². The summed E-state index contributed by atoms with van der Waals surface area (Å²) in [6, 6.07) is 9.48. The van der Waals surface area contributed by atoms with Crippen molar-refractivity contribution in [2.45, 2.75) is 96.1 Å². The lowest BCUT2D eigenvalue weighted by atomic mass is 9.72. The van der Waals surface area contributed by atoms with E-state index < -0.39 is 18.5 Å². The van der Waals surface area contributed by atoms with E-state index in [0.717, 1.165) is 22.3 Å². The molecule has 0 saturated carbocycles. The van der Waals surface area contributed by atoms with Crippen molar-refractivity contribution in [2.75, 3.05) is 40.4 Å². The Labute approximate surface area is 339 Å². The summed E-state index contributed by atoms with van der Waals surface area (Å²) in [7, 11) is 3.83. The first-order chi connectivity index (χ1) is 27.5. The molecule has 10 nitrogen and oxygen atoms in total. The molecule has 2 aromatic carbocycles. The van der Waals surface area contributed by atoms with E-state index in [1.807, 2.05) is 51.1 Å². The Morgan fingerprint density at radius 2 is 1.34 bits per heavy atom. The zero-order chi connectivity index (χ0) is 41.8. The molecule has 4 heterocycles. The minimum Gasteiger partial charge on any atom is -0.394 e. The van der Waals surface area contributed by atoms with Crippen LogP contribution in [0.15, 0.2) is 54.9 Å². The van der Waals surface area contributed by atoms with Crippen LogP contribution in [0.1, 0.15) is 68.7 Å². The molecular weight excluding hydrogens is 778 g/mol. The standard InChI is InChI=1S/C21H26F3N3O2.C21H24F3N3O2.CH4/c2*1-3-14(11-28)25-20(29)13-7-16-15-5-4-6-17-19(15)12(8-18(16)26(2)9-13)10-27(17)21(22,23)24;/h4-6,10,13-14,16,18,28H,3,7-9,11H2,1-2H3,(H,25,29);4-7,10,13-14,18,28H,3,8-9,11H2,1-2H3,(H,25,29);1H4/t13-,14+,16?,18-;13-,14+,18-;/m11./s1. The van der Waals surface area contributed by atoms with Crippen LogP contribution in [0.3, 0.4) is 0 Å². The summed E-state index contributed by atoms with van der Waals surface area (Å²) in [5, 5.41) is 25.8. The first kappa shape index (κ1) is 44.2. The van der Waals surface area contributed by atoms with Gasteiger partial charge in [0, 0.05) is 54.3 Å². The highest BCUT2D eigenvalue weighted by molar-refractivity contribution is 6.00. The topological polar surface area (TPSA) is 115 Å². The number of nitrogens with zero attached hydrogens (tertiary/aromatic N) is 4. The van der Waals surface area contributed by atoms with E-state index in [2.05, 4.69) is 15.5 Å². The highest BCUT2D eigenvalue weighted by atomic mass is 19.4. The summed E-state index contributed by atoms with van der Waals surface area (Å²) in [4.78, 5) is 29.6. The van der Waals surface area contributed by atoms with Crippen molar-refractivity contribution in [1.29, 1.82) is 0 Å². The predicted octanol–water partition coefficient (Wildman–Crippen LogP) is 6.48. The number of likely N-dealkylation sites (N-methyl/N-ethyl adjacent to an activating group) is 2. The lowest BCUT2D eigenvalue weighted by Crippen LogP contribution is -2.52. The first-order valence-electron chi connectivity index (χ1n) is 19.8. The molecule has 2 amide bonds. The fourth-order valence-corrected chi connectivity index (χ4v) is 9.56. The highest BCUT2D eigenvalue weighted by Gasteiger charge is 2.44. The third-order valence-electron chi connectivity index (χ3n) is 12.6. The Hall–Kier alpha value is -4.38. The molecule has 8 rings (SSSR count). The fraction of sp³-hybridized carbons (Fsp3) is 0.535. The van der Waals surface area contributed by atoms with Crippen LogP contribution in [-0.4, -0.2) is 106 Å². The van der Waals surface area contributed by atoms with Crippen molar-refractivity contribution in [1.82, 2.24) is 29.6 Å². The number of carbonyl (C=O) groups excluding carboxylic acids is 2. The minimum atomic E-state index is -4.48. The normalized spacial score (nSPS) is 23.9. The largest absolute Gasteiger partial charge is 0.488 e. The van der Waals surface area contributed by atoms with Gasteiger partial charge in [-0.05, 0) is 86.2 Å². The van der Waals surface area contributed by atoms with Crippen LogP contribution in [-0.2, 0) is 35.0 Å². The van der Waals surface area contributed by atoms with Gasteiger partial charge in [-0.2, -0.15) is 0 Å². The molecule has 4 aliphatic rings. The minimum absolute atomic E-state index is 0. The molecule has 322 valence electrons. The monoisotopic (exact) mass is 832 g/mol. The average molecular weight is 833 g/mol. The van der Waals surface area contributed by atoms with Crippen molar-refractivity contribution in [3.05, 3.63) is 77.1 Å². The van der Waals surface area contributed by atoms with E-state index >= 15 is 0 Å². The number of piperidine rings is 1. The zero-order valence-corrected chi connectivity index (χ0v) is 32.9. The van der Waals surface area contributed by atoms with Crippen LogP contribution in [0.2, 0.25) is 0 Å². The summed E-state index contributed by atoms with van der Waals surface area (Å²) in [6.07, 6.45) is -1.74. The third kappa shape index (κ3) is 8.25. The Morgan fingerprint density at radius 3 is 1.92 bits per heavy atom. The van der Waals surface area contributed by atoms with Gasteiger partial charge in [0.05, 0.1) is 48.2 Å². The molecule has 1 saturated heterocycles. The lowest BCUT2D eigenvalue weighted by molar-refractivity contribution is -0.201. The molecule has 1 unspecified atom stereocenters. The van der Waals surface area contributed by atoms with Crippen LogP contribution < -0.4 is 10.6 Å². The Morgan fingerprint density at radius 1 is 0.780 bits per heavy atom. The molecule has 4 aromatic rings. The van der Waals surface area contributed by atoms with Crippen LogP contribution in [0.5, 0.6) is 0 Å². The summed E-state index contributed by atoms with van der Waals surface area (Å²) < 4.78 is 81.8. The van der Waals surface area contributed by atoms with E-state index in [1.165, 1.54) is 24.5 Å². The number of aliphatic hydroxyl groups excluding tert-OH is 2. The molecule has 7 atom stereocenters. The number of aliphatic hydroxyl groups is 2. The second-order valence-electron chi connectivity index (χ2n) is 16.2. The number of nitrogens with one attached hydrogen (secondary N) is 2. The molecule has 4 N–H and O–H groups in total. The number of benzene rings is 2. The van der Waals surface area contributed by atoms with E-state index in [1.54, 1.807) is 12.1 Å². The van der Waals surface area contributed by atoms with Crippen LogP contribution in [0.4, 0.5) is 26.3 Å². The maximum absolute atomic E-state index is 13.5. The van der Waals surface area contributed by atoms with Crippen molar-refractivity contribution >= 4 is 39.2 Å². The number of aromatic nitrogens is 2. The summed E-state index contributed by atoms with van der Waals surface area (Å²) >= 11 is 0. The van der Waals surface area contributed by atoms with Crippen LogP contribution in [0, 0.1) is 11.8 Å². The Kier molecular flexibility index (Phi) is 12.7. The van der Waals surface area contributed by atoms with Gasteiger partial charge in [-0.3, -0.25) is 23.6 Å². The Bertz CT molecular complexity index is 2200. The number of likely N-dealkylation sites (tertiary alicyclic amines) is 1. The molecule has 0 radical (unpaired) electrons. The number of fused-ring (bicyclic) bond motifs is 4. The predicted molar refractivity (Wildman–Crippen MR) is 214 cm³/mol. The molecule has 2 aliphatic carbocycles. The summed E-state index contributed by atoms with van der Waals surface area (Å²) in [5.41, 5.74) is 4.28. The number of hydrogen-bond donors (Lipinski definition) is 4. The van der Waals surface area contributed by atoms with Gasteiger partial charge < -0.3 is 25.7 Å². The van der Waals surface area contributed by atoms with Crippen molar-refractivity contribution < 1.29 is 46.1 Å². The van der Waals surface area contributed by atoms with Gasteiger partial charge in [-0.1, -0.05) is 51.6 Å². The van der Waals surface area contributed by atoms with E-state index in [-0.39, 0.29) is 79.5 Å². The van der Waals surface area contributed by atoms with Crippen molar-refractivity contribution in [3.63, 3.8) is 0 Å². The number of rotatable bonds is 8. The smallest absolute Gasteiger partial charge is 0.394 e. The quantitative estimate of drug-likeness (QED) is 0.152. The van der Waals surface area contributed by atoms with Gasteiger partial charge >= 0.3 is 12.6 Å². The molecule has 0 spiro atoms. The van der Waals surface area contributed by atoms with E-state index in [4.69, 9.17) is 0 Å². The second kappa shape index (κ2) is 16.9. The van der Waals surface area contributed by atoms with Gasteiger partial charge in [0.2, 0.25) is 11.8 Å². The van der Waals surface area contributed by atoms with Gasteiger partial charge in [0.25, 0.3) is 0 Å². The van der Waals surface area contributed by atoms with Crippen LogP contribution >= 0.6 is 0 Å². The third-order valence-corrected chi connectivity index (χ3v) is 12.6. The first-order valence-corrected chi connectivity index (χ1v) is 19.8. The molecule has 2 aliphatic heterocycles. The number of carbonyl (C=O) groups is 2. The fourth-order valence-electron chi connectivity index (χ4n) is 9.56. The molecule has 2 aromatic heterocycles. The molecular formula is C43H54F6N6O4. The number of alkyl halides is 6. The summed E-state index contributed by atoms with van der Waals surface area (Å²) in [5.74, 6) is -0.952. The summed E-state index contributed by atoms with van der Waals surface area (Å²) in [6.45, 7) is 4.59. The van der Waals surface area contributed by atoms with Gasteiger partial charge in [-0.25, -0.2) is 0 Å². The highest BCUT2D eigenvalue weighted by Crippen LogP contribution is 2.47. The SMILES string of the molecule is C.CC[C@@H](CO)NC(=O)[C@@H]1C=C2c3cccc4c3c(cn4C(F)(F)F)C[C@H]2N(C)C1.CC[C@@H](CO)NC(=O)[C@@H]1CC2c3cccc4c3c(cn4C(F)(F)F)C[C@H]2N(C)C1. The lowest BCUT2D eigenvalue weighted by Gasteiger charge is -2.45. The van der Waals surface area contributed by atoms with Gasteiger partial charge in [0.1, 0.15) is 0 Å². The molecule has 1 fully saturated rings. The van der Waals surface area contributed by atoms with Crippen LogP contribution in [0.25, 0.3) is 27.4 Å². The maximum atomic E-state index is 13.5. The maximum Gasteiger partial charge on any atom is 0.488 e. The molecule has 16 heteroatoms. The second-order valence-corrected chi connectivity index (χ2v) is 16.2. The number of halogens is 6. The number of amides is 2. The van der Waals surface area contributed by atoms with Crippen molar-refractivity contribution in [3.8, 4) is 0 Å². The average Bonchev–Trinajstić information content (AvgIpc) is 3.77. The van der Waals surface area contributed by atoms with Gasteiger partial charge in [0.15, 0.2) is 0 Å². The molecule has 0 bridgehead atoms. The van der Waals surface area contributed by atoms with E-state index in [9.17, 15) is 46.1 Å². The number of hydrogen-bond acceptors (Lipinski definition) is 6. The zero-order valence-electron chi connectivity index (χ0n) is 32.9. The Balaban J connectivity index is 0.000000195. The van der Waals surface area contributed by atoms with Crippen molar-refractivity contribution in [2.24, 2.45) is 11.8 Å². The van der Waals surface area contributed by atoms with Gasteiger partial charge in [-0.15, -0.1) is 26.3 Å². The molecule has 59 heavy (non-hydrogen) atoms.